The van der Waals surface area contributed by atoms with Gasteiger partial charge in [0.25, 0.3) is 10.0 Å². The Balaban J connectivity index is 2.29. The third kappa shape index (κ3) is 2.85. The van der Waals surface area contributed by atoms with Gasteiger partial charge in [-0.05, 0) is 37.3 Å². The first-order valence-electron chi connectivity index (χ1n) is 5.13. The van der Waals surface area contributed by atoms with Crippen LogP contribution in [0, 0.1) is 13.0 Å². The van der Waals surface area contributed by atoms with Crippen LogP contribution in [0.25, 0.3) is 0 Å². The molecule has 87 valence electrons. The average molecular weight is 246 g/mol. The summed E-state index contributed by atoms with van der Waals surface area (Å²) in [6, 6.07) is 16.2. The van der Waals surface area contributed by atoms with Crippen LogP contribution in [0.3, 0.4) is 0 Å². The predicted molar refractivity (Wildman–Crippen MR) is 67.3 cm³/mol. The number of sulfonamides is 1. The first kappa shape index (κ1) is 11.7. The Labute approximate surface area is 101 Å². The molecule has 0 bridgehead atoms. The maximum atomic E-state index is 12.0. The van der Waals surface area contributed by atoms with E-state index < -0.39 is 10.0 Å². The molecule has 17 heavy (non-hydrogen) atoms. The molecule has 0 amide bonds. The van der Waals surface area contributed by atoms with Crippen molar-refractivity contribution >= 4 is 15.7 Å². The first-order valence-corrected chi connectivity index (χ1v) is 6.62. The molecule has 2 aromatic rings. The fraction of sp³-hybridized carbons (Fsp3) is 0.0769. The van der Waals surface area contributed by atoms with Gasteiger partial charge in [-0.15, -0.1) is 0 Å². The fourth-order valence-corrected chi connectivity index (χ4v) is 2.45. The van der Waals surface area contributed by atoms with Crippen molar-refractivity contribution in [1.82, 2.24) is 0 Å². The van der Waals surface area contributed by atoms with E-state index >= 15 is 0 Å². The van der Waals surface area contributed by atoms with Gasteiger partial charge in [-0.3, -0.25) is 4.72 Å². The predicted octanol–water partition coefficient (Wildman–Crippen LogP) is 2.60. The van der Waals surface area contributed by atoms with Gasteiger partial charge in [-0.2, -0.15) is 0 Å². The van der Waals surface area contributed by atoms with Gasteiger partial charge in [0.05, 0.1) is 4.90 Å². The van der Waals surface area contributed by atoms with E-state index in [2.05, 4.69) is 10.8 Å². The van der Waals surface area contributed by atoms with Gasteiger partial charge in [-0.1, -0.05) is 29.8 Å². The van der Waals surface area contributed by atoms with Gasteiger partial charge in [0, 0.05) is 5.69 Å². The average Bonchev–Trinajstić information content (AvgIpc) is 2.30. The third-order valence-corrected chi connectivity index (χ3v) is 3.70. The van der Waals surface area contributed by atoms with Crippen molar-refractivity contribution in [2.24, 2.45) is 0 Å². The van der Waals surface area contributed by atoms with Gasteiger partial charge >= 0.3 is 0 Å². The molecule has 0 heterocycles. The smallest absolute Gasteiger partial charge is 0.261 e. The van der Waals surface area contributed by atoms with Crippen molar-refractivity contribution in [3.8, 4) is 0 Å². The molecule has 0 spiro atoms. The highest BCUT2D eigenvalue weighted by Crippen LogP contribution is 2.15. The summed E-state index contributed by atoms with van der Waals surface area (Å²) in [5.74, 6) is 0. The molecule has 0 unspecified atom stereocenters. The summed E-state index contributed by atoms with van der Waals surface area (Å²) in [7, 11) is -3.49. The Hall–Kier alpha value is -1.81. The van der Waals surface area contributed by atoms with Gasteiger partial charge in [0.1, 0.15) is 0 Å². The van der Waals surface area contributed by atoms with Crippen LogP contribution in [-0.4, -0.2) is 8.42 Å². The molecule has 0 saturated carbocycles. The number of anilines is 1. The zero-order valence-electron chi connectivity index (χ0n) is 9.34. The van der Waals surface area contributed by atoms with Crippen LogP contribution in [0.4, 0.5) is 5.69 Å². The highest BCUT2D eigenvalue weighted by atomic mass is 32.2. The van der Waals surface area contributed by atoms with E-state index in [4.69, 9.17) is 0 Å². The van der Waals surface area contributed by atoms with Gasteiger partial charge < -0.3 is 0 Å². The monoisotopic (exact) mass is 246 g/mol. The van der Waals surface area contributed by atoms with Crippen molar-refractivity contribution in [3.05, 3.63) is 60.2 Å². The number of aryl methyl sites for hydroxylation is 1. The normalized spacial score (nSPS) is 11.1. The molecule has 3 nitrogen and oxygen atoms in total. The summed E-state index contributed by atoms with van der Waals surface area (Å²) in [5.41, 5.74) is 1.56. The number of benzene rings is 2. The minimum atomic E-state index is -3.49. The van der Waals surface area contributed by atoms with E-state index in [0.717, 1.165) is 5.56 Å². The molecule has 1 N–H and O–H groups in total. The van der Waals surface area contributed by atoms with Crippen LogP contribution in [0.5, 0.6) is 0 Å². The number of nitrogens with one attached hydrogen (secondary N) is 1. The standard InChI is InChI=1S/C13H12NO2S/c1-11-7-9-13(10-8-11)17(15,16)14-12-5-3-2-4-6-12/h3-10,14H,1H3. The van der Waals surface area contributed by atoms with Crippen LogP contribution < -0.4 is 4.72 Å². The molecule has 0 aliphatic carbocycles. The minimum absolute atomic E-state index is 0.260. The summed E-state index contributed by atoms with van der Waals surface area (Å²) in [5, 5.41) is 0. The molecule has 0 aliphatic heterocycles. The zero-order valence-corrected chi connectivity index (χ0v) is 10.2. The largest absolute Gasteiger partial charge is 0.280 e. The zero-order chi connectivity index (χ0) is 12.3. The van der Waals surface area contributed by atoms with Crippen LogP contribution >= 0.6 is 0 Å². The summed E-state index contributed by atoms with van der Waals surface area (Å²) in [6.45, 7) is 1.91. The van der Waals surface area contributed by atoms with E-state index in [1.54, 1.807) is 48.5 Å². The lowest BCUT2D eigenvalue weighted by atomic mass is 10.2. The second kappa shape index (κ2) is 4.59. The van der Waals surface area contributed by atoms with Crippen LogP contribution in [0.15, 0.2) is 53.4 Å². The number of rotatable bonds is 3. The second-order valence-electron chi connectivity index (χ2n) is 3.71. The Morgan fingerprint density at radius 1 is 1.00 bits per heavy atom. The topological polar surface area (TPSA) is 46.2 Å². The van der Waals surface area contributed by atoms with Crippen molar-refractivity contribution in [2.45, 2.75) is 11.8 Å². The Bertz CT molecular complexity index is 589. The quantitative estimate of drug-likeness (QED) is 0.904. The summed E-state index contributed by atoms with van der Waals surface area (Å²) < 4.78 is 26.5. The van der Waals surface area contributed by atoms with Crippen LogP contribution in [0.1, 0.15) is 5.56 Å². The van der Waals surface area contributed by atoms with Gasteiger partial charge in [0.2, 0.25) is 0 Å². The van der Waals surface area contributed by atoms with E-state index in [0.29, 0.717) is 5.69 Å². The molecule has 0 aromatic heterocycles. The summed E-state index contributed by atoms with van der Waals surface area (Å²) in [6.07, 6.45) is 0. The summed E-state index contributed by atoms with van der Waals surface area (Å²) in [4.78, 5) is 0.260. The molecule has 0 fully saturated rings. The van der Waals surface area contributed by atoms with Crippen molar-refractivity contribution in [1.29, 1.82) is 0 Å². The van der Waals surface area contributed by atoms with E-state index in [1.807, 2.05) is 6.92 Å². The van der Waals surface area contributed by atoms with Crippen molar-refractivity contribution < 1.29 is 8.42 Å². The maximum Gasteiger partial charge on any atom is 0.261 e. The van der Waals surface area contributed by atoms with Crippen molar-refractivity contribution in [2.75, 3.05) is 4.72 Å². The molecule has 0 aliphatic rings. The maximum absolute atomic E-state index is 12.0. The SMILES string of the molecule is Cc1ccc(S(=O)(=O)Nc2cc[c]cc2)cc1. The van der Waals surface area contributed by atoms with Gasteiger partial charge in [-0.25, -0.2) is 8.42 Å². The molecule has 2 rings (SSSR count). The number of hydrogen-bond acceptors (Lipinski definition) is 2. The molecular formula is C13H12NO2S. The minimum Gasteiger partial charge on any atom is -0.280 e. The highest BCUT2D eigenvalue weighted by Gasteiger charge is 2.13. The Morgan fingerprint density at radius 3 is 2.18 bits per heavy atom. The Kier molecular flexibility index (Phi) is 3.15. The van der Waals surface area contributed by atoms with E-state index in [-0.39, 0.29) is 4.90 Å². The molecule has 2 aromatic carbocycles. The highest BCUT2D eigenvalue weighted by molar-refractivity contribution is 7.92. The molecular weight excluding hydrogens is 234 g/mol. The molecule has 0 saturated heterocycles. The fourth-order valence-electron chi connectivity index (χ4n) is 1.39. The van der Waals surface area contributed by atoms with E-state index in [1.165, 1.54) is 0 Å². The second-order valence-corrected chi connectivity index (χ2v) is 5.39. The van der Waals surface area contributed by atoms with Crippen LogP contribution in [0.2, 0.25) is 0 Å². The van der Waals surface area contributed by atoms with E-state index in [9.17, 15) is 8.42 Å². The lowest BCUT2D eigenvalue weighted by Crippen LogP contribution is -2.12. The molecule has 4 heteroatoms. The van der Waals surface area contributed by atoms with Gasteiger partial charge in [0.15, 0.2) is 0 Å². The third-order valence-electron chi connectivity index (χ3n) is 2.30. The lowest BCUT2D eigenvalue weighted by molar-refractivity contribution is 0.601. The number of hydrogen-bond donors (Lipinski definition) is 1. The first-order chi connectivity index (χ1) is 8.08. The van der Waals surface area contributed by atoms with Crippen molar-refractivity contribution in [3.63, 3.8) is 0 Å². The van der Waals surface area contributed by atoms with Crippen LogP contribution in [-0.2, 0) is 10.0 Å². The summed E-state index contributed by atoms with van der Waals surface area (Å²) >= 11 is 0. The lowest BCUT2D eigenvalue weighted by Gasteiger charge is -2.07. The Morgan fingerprint density at radius 2 is 1.59 bits per heavy atom. The molecule has 1 radical (unpaired) electrons. The molecule has 0 atom stereocenters.